The molecule has 0 saturated carbocycles. The van der Waals surface area contributed by atoms with Crippen LogP contribution in [0.25, 0.3) is 10.2 Å². The van der Waals surface area contributed by atoms with Crippen LogP contribution < -0.4 is 10.2 Å². The Kier molecular flexibility index (Phi) is 3.87. The Morgan fingerprint density at radius 2 is 2.08 bits per heavy atom. The van der Waals surface area contributed by atoms with Gasteiger partial charge in [0.1, 0.15) is 5.69 Å². The van der Waals surface area contributed by atoms with E-state index < -0.39 is 11.7 Å². The number of nitrogens with zero attached hydrogens (tertiary/aromatic N) is 4. The summed E-state index contributed by atoms with van der Waals surface area (Å²) in [7, 11) is 1.73. The summed E-state index contributed by atoms with van der Waals surface area (Å²) in [6.07, 6.45) is -2.75. The summed E-state index contributed by atoms with van der Waals surface area (Å²) in [5.41, 5.74) is -0.417. The Bertz CT molecular complexity index is 974. The van der Waals surface area contributed by atoms with E-state index in [1.54, 1.807) is 30.1 Å². The van der Waals surface area contributed by atoms with Crippen molar-refractivity contribution in [1.82, 2.24) is 20.1 Å². The number of rotatable bonds is 3. The Hall–Kier alpha value is -2.62. The van der Waals surface area contributed by atoms with Crippen molar-refractivity contribution in [3.8, 4) is 0 Å². The minimum atomic E-state index is -4.43. The third kappa shape index (κ3) is 3.00. The van der Waals surface area contributed by atoms with E-state index in [0.29, 0.717) is 28.6 Å². The number of amides is 1. The molecule has 0 radical (unpaired) electrons. The van der Waals surface area contributed by atoms with Gasteiger partial charge in [0, 0.05) is 26.3 Å². The van der Waals surface area contributed by atoms with E-state index in [1.807, 2.05) is 4.90 Å². The molecule has 0 atom stereocenters. The van der Waals surface area contributed by atoms with Crippen molar-refractivity contribution in [3.05, 3.63) is 41.7 Å². The average molecular weight is 381 g/mol. The van der Waals surface area contributed by atoms with Crippen LogP contribution in [-0.4, -0.2) is 39.8 Å². The quantitative estimate of drug-likeness (QED) is 0.758. The molecule has 26 heavy (non-hydrogen) atoms. The largest absolute Gasteiger partial charge is 0.418 e. The van der Waals surface area contributed by atoms with E-state index in [-0.39, 0.29) is 17.5 Å². The van der Waals surface area contributed by atoms with Crippen molar-refractivity contribution in [2.45, 2.75) is 12.2 Å². The van der Waals surface area contributed by atoms with E-state index in [9.17, 15) is 18.0 Å². The number of carbonyl (C=O) groups excluding carboxylic acids is 1. The van der Waals surface area contributed by atoms with Gasteiger partial charge in [-0.05, 0) is 18.2 Å². The highest BCUT2D eigenvalue weighted by molar-refractivity contribution is 7.22. The van der Waals surface area contributed by atoms with Crippen molar-refractivity contribution in [2.75, 3.05) is 18.0 Å². The zero-order valence-electron chi connectivity index (χ0n) is 13.6. The number of benzene rings is 1. The second-order valence-electron chi connectivity index (χ2n) is 6.10. The van der Waals surface area contributed by atoms with Crippen molar-refractivity contribution in [3.63, 3.8) is 0 Å². The summed E-state index contributed by atoms with van der Waals surface area (Å²) in [5.74, 6) is -0.265. The standard InChI is InChI=1S/C16H14F3N5OS/c1-23-6-5-11(22-23)14(25)20-9-7-24(8-9)15-21-13-10(16(17,18)19)3-2-4-12(13)26-15/h2-6,9H,7-8H2,1H3,(H,20,25). The molecule has 1 N–H and O–H groups in total. The molecule has 0 bridgehead atoms. The summed E-state index contributed by atoms with van der Waals surface area (Å²) in [5, 5.41) is 7.42. The van der Waals surface area contributed by atoms with Crippen molar-refractivity contribution < 1.29 is 18.0 Å². The maximum absolute atomic E-state index is 13.1. The van der Waals surface area contributed by atoms with Crippen LogP contribution in [0.5, 0.6) is 0 Å². The lowest BCUT2D eigenvalue weighted by Crippen LogP contribution is -2.59. The van der Waals surface area contributed by atoms with Gasteiger partial charge in [-0.15, -0.1) is 0 Å². The first kappa shape index (κ1) is 16.8. The number of fused-ring (bicyclic) bond motifs is 1. The molecule has 3 aromatic rings. The normalized spacial score (nSPS) is 15.3. The summed E-state index contributed by atoms with van der Waals surface area (Å²) >= 11 is 1.22. The molecule has 1 fully saturated rings. The maximum atomic E-state index is 13.1. The van der Waals surface area contributed by atoms with Crippen molar-refractivity contribution in [1.29, 1.82) is 0 Å². The molecular formula is C16H14F3N5OS. The minimum absolute atomic E-state index is 0.0269. The molecule has 0 aliphatic carbocycles. The molecular weight excluding hydrogens is 367 g/mol. The molecule has 1 aliphatic heterocycles. The third-order valence-corrected chi connectivity index (χ3v) is 5.23. The van der Waals surface area contributed by atoms with Crippen LogP contribution in [0.3, 0.4) is 0 Å². The average Bonchev–Trinajstić information content (AvgIpc) is 3.14. The monoisotopic (exact) mass is 381 g/mol. The van der Waals surface area contributed by atoms with E-state index in [4.69, 9.17) is 0 Å². The van der Waals surface area contributed by atoms with E-state index in [2.05, 4.69) is 15.4 Å². The molecule has 1 saturated heterocycles. The van der Waals surface area contributed by atoms with Crippen LogP contribution in [0.2, 0.25) is 0 Å². The summed E-state index contributed by atoms with van der Waals surface area (Å²) < 4.78 is 41.3. The number of thiazole rings is 1. The first-order chi connectivity index (χ1) is 12.3. The molecule has 0 unspecified atom stereocenters. The highest BCUT2D eigenvalue weighted by Gasteiger charge is 2.35. The van der Waals surface area contributed by atoms with Gasteiger partial charge in [0.05, 0.1) is 21.8 Å². The number of nitrogens with one attached hydrogen (secondary N) is 1. The fraction of sp³-hybridized carbons (Fsp3) is 0.312. The lowest BCUT2D eigenvalue weighted by Gasteiger charge is -2.39. The highest BCUT2D eigenvalue weighted by atomic mass is 32.1. The second-order valence-corrected chi connectivity index (χ2v) is 7.11. The number of aromatic nitrogens is 3. The SMILES string of the molecule is Cn1ccc(C(=O)NC2CN(c3nc4c(C(F)(F)F)cccc4s3)C2)n1. The predicted molar refractivity (Wildman–Crippen MR) is 91.3 cm³/mol. The number of anilines is 1. The molecule has 1 aromatic carbocycles. The van der Waals surface area contributed by atoms with E-state index in [1.165, 1.54) is 17.4 Å². The van der Waals surface area contributed by atoms with E-state index in [0.717, 1.165) is 6.07 Å². The summed E-state index contributed by atoms with van der Waals surface area (Å²) in [4.78, 5) is 18.1. The van der Waals surface area contributed by atoms with Crippen LogP contribution in [0.1, 0.15) is 16.1 Å². The summed E-state index contributed by atoms with van der Waals surface area (Å²) in [6, 6.07) is 5.60. The smallest absolute Gasteiger partial charge is 0.344 e. The minimum Gasteiger partial charge on any atom is -0.344 e. The first-order valence-corrected chi connectivity index (χ1v) is 8.65. The Morgan fingerprint density at radius 1 is 1.31 bits per heavy atom. The highest BCUT2D eigenvalue weighted by Crippen LogP contribution is 2.39. The van der Waals surface area contributed by atoms with Gasteiger partial charge >= 0.3 is 6.18 Å². The molecule has 6 nitrogen and oxygen atoms in total. The number of hydrogen-bond acceptors (Lipinski definition) is 5. The number of aryl methyl sites for hydroxylation is 1. The van der Waals surface area contributed by atoms with Crippen LogP contribution >= 0.6 is 11.3 Å². The molecule has 4 rings (SSSR count). The van der Waals surface area contributed by atoms with Crippen LogP contribution in [0, 0.1) is 0 Å². The molecule has 3 heterocycles. The van der Waals surface area contributed by atoms with Gasteiger partial charge in [-0.1, -0.05) is 17.4 Å². The lowest BCUT2D eigenvalue weighted by molar-refractivity contribution is -0.136. The third-order valence-electron chi connectivity index (χ3n) is 4.15. The van der Waals surface area contributed by atoms with Crippen molar-refractivity contribution in [2.24, 2.45) is 7.05 Å². The van der Waals surface area contributed by atoms with Crippen LogP contribution in [0.4, 0.5) is 18.3 Å². The molecule has 136 valence electrons. The number of halogens is 3. The Balaban J connectivity index is 1.45. The van der Waals surface area contributed by atoms with Crippen LogP contribution in [0.15, 0.2) is 30.5 Å². The Morgan fingerprint density at radius 3 is 2.73 bits per heavy atom. The van der Waals surface area contributed by atoms with Gasteiger partial charge in [-0.25, -0.2) is 4.98 Å². The van der Waals surface area contributed by atoms with Gasteiger partial charge in [-0.3, -0.25) is 9.48 Å². The fourth-order valence-corrected chi connectivity index (χ4v) is 3.83. The van der Waals surface area contributed by atoms with Gasteiger partial charge in [0.2, 0.25) is 0 Å². The molecule has 1 amide bonds. The zero-order chi connectivity index (χ0) is 18.5. The van der Waals surface area contributed by atoms with Gasteiger partial charge in [-0.2, -0.15) is 18.3 Å². The fourth-order valence-electron chi connectivity index (χ4n) is 2.82. The molecule has 10 heteroatoms. The number of alkyl halides is 3. The summed E-state index contributed by atoms with van der Waals surface area (Å²) in [6.45, 7) is 0.999. The molecule has 0 spiro atoms. The van der Waals surface area contributed by atoms with Gasteiger partial charge in [0.25, 0.3) is 5.91 Å². The van der Waals surface area contributed by atoms with Gasteiger partial charge < -0.3 is 10.2 Å². The van der Waals surface area contributed by atoms with Crippen molar-refractivity contribution >= 4 is 32.6 Å². The topological polar surface area (TPSA) is 63.1 Å². The number of hydrogen-bond donors (Lipinski definition) is 1. The number of para-hydroxylation sites is 1. The predicted octanol–water partition coefficient (Wildman–Crippen LogP) is 2.67. The maximum Gasteiger partial charge on any atom is 0.418 e. The first-order valence-electron chi connectivity index (χ1n) is 7.83. The molecule has 1 aliphatic rings. The molecule has 2 aromatic heterocycles. The lowest BCUT2D eigenvalue weighted by atomic mass is 10.1. The van der Waals surface area contributed by atoms with Gasteiger partial charge in [0.15, 0.2) is 5.13 Å². The second kappa shape index (κ2) is 5.97. The zero-order valence-corrected chi connectivity index (χ0v) is 14.4. The van der Waals surface area contributed by atoms with E-state index >= 15 is 0 Å². The Labute approximate surface area is 150 Å². The van der Waals surface area contributed by atoms with Crippen LogP contribution in [-0.2, 0) is 13.2 Å². The number of carbonyl (C=O) groups is 1.